The molecule has 9 rings (SSSR count). The smallest absolute Gasteiger partial charge is 0.339 e. The maximum absolute atomic E-state index is 13.9. The topological polar surface area (TPSA) is 51.5 Å². The summed E-state index contributed by atoms with van der Waals surface area (Å²) in [6.07, 6.45) is 0. The van der Waals surface area contributed by atoms with E-state index in [0.29, 0.717) is 5.56 Å². The highest BCUT2D eigenvalue weighted by Crippen LogP contribution is 2.43. The van der Waals surface area contributed by atoms with Gasteiger partial charge in [0.05, 0.1) is 11.0 Å². The van der Waals surface area contributed by atoms with E-state index in [1.165, 1.54) is 0 Å². The fourth-order valence-electron chi connectivity index (χ4n) is 7.26. The molecule has 0 aliphatic rings. The van der Waals surface area contributed by atoms with Crippen molar-refractivity contribution < 1.29 is 12.6 Å². The zero-order valence-electron chi connectivity index (χ0n) is 30.1. The first-order chi connectivity index (χ1) is 26.9. The molecule has 0 atom stereocenters. The Kier molecular flexibility index (Phi) is 8.73. The lowest BCUT2D eigenvalue weighted by Crippen LogP contribution is -2.11. The number of nitrogens with zero attached hydrogens (tertiary/aromatic N) is 2. The number of benzene rings is 8. The minimum atomic E-state index is -4.17. The number of hydrogen-bond donors (Lipinski definition) is 0. The molecular weight excluding hydrogens is 697 g/mol. The molecule has 0 aliphatic carbocycles. The molecule has 0 radical (unpaired) electrons. The molecule has 0 bridgehead atoms. The molecule has 9 aromatic rings. The van der Waals surface area contributed by atoms with Gasteiger partial charge in [-0.15, -0.1) is 0 Å². The van der Waals surface area contributed by atoms with E-state index in [2.05, 4.69) is 113 Å². The van der Waals surface area contributed by atoms with Crippen LogP contribution in [-0.2, 0) is 10.1 Å². The minimum Gasteiger partial charge on any atom is -0.378 e. The van der Waals surface area contributed by atoms with Crippen LogP contribution in [0.4, 0.5) is 17.1 Å². The molecule has 6 heteroatoms. The molecule has 0 aliphatic heterocycles. The average Bonchev–Trinajstić information content (AvgIpc) is 3.55. The van der Waals surface area contributed by atoms with Gasteiger partial charge >= 0.3 is 10.1 Å². The first kappa shape index (κ1) is 33.9. The summed E-state index contributed by atoms with van der Waals surface area (Å²) in [7, 11) is -4.17. The Bertz CT molecular complexity index is 2870. The molecule has 1 aromatic heterocycles. The molecule has 5 nitrogen and oxygen atoms in total. The molecule has 55 heavy (non-hydrogen) atoms. The van der Waals surface area contributed by atoms with Gasteiger partial charge in [-0.1, -0.05) is 127 Å². The SMILES string of the molecule is Cc1ccc(S(=O)(=O)Oc2cc3c(cc2-c2ccc(N(c4ccccc4)c4ccc(-c5ccccc5)cc4)cc2)c2ccccc2n3-c2ccccc2)cc1. The molecule has 0 amide bonds. The van der Waals surface area contributed by atoms with Crippen molar-refractivity contribution in [2.75, 3.05) is 4.90 Å². The van der Waals surface area contributed by atoms with Gasteiger partial charge < -0.3 is 13.7 Å². The van der Waals surface area contributed by atoms with Crippen molar-refractivity contribution in [3.63, 3.8) is 0 Å². The van der Waals surface area contributed by atoms with Gasteiger partial charge in [-0.25, -0.2) is 0 Å². The summed E-state index contributed by atoms with van der Waals surface area (Å²) >= 11 is 0. The molecule has 0 N–H and O–H groups in total. The van der Waals surface area contributed by atoms with Gasteiger partial charge in [0.1, 0.15) is 4.90 Å². The maximum atomic E-state index is 13.9. The summed E-state index contributed by atoms with van der Waals surface area (Å²) in [5, 5.41) is 2.05. The summed E-state index contributed by atoms with van der Waals surface area (Å²) < 4.78 is 36.1. The van der Waals surface area contributed by atoms with Crippen LogP contribution in [0.1, 0.15) is 5.56 Å². The quantitative estimate of drug-likeness (QED) is 0.139. The highest BCUT2D eigenvalue weighted by molar-refractivity contribution is 7.87. The Morgan fingerprint density at radius 2 is 1.00 bits per heavy atom. The summed E-state index contributed by atoms with van der Waals surface area (Å²) in [4.78, 5) is 2.31. The molecule has 0 unspecified atom stereocenters. The number of aromatic nitrogens is 1. The number of rotatable bonds is 9. The Hall–Kier alpha value is -6.89. The maximum Gasteiger partial charge on any atom is 0.339 e. The van der Waals surface area contributed by atoms with E-state index in [1.54, 1.807) is 24.3 Å². The van der Waals surface area contributed by atoms with Crippen LogP contribution >= 0.6 is 0 Å². The normalized spacial score (nSPS) is 11.5. The van der Waals surface area contributed by atoms with E-state index in [0.717, 1.165) is 66.8 Å². The van der Waals surface area contributed by atoms with E-state index < -0.39 is 10.1 Å². The first-order valence-electron chi connectivity index (χ1n) is 18.2. The van der Waals surface area contributed by atoms with Gasteiger partial charge in [0.25, 0.3) is 0 Å². The first-order valence-corrected chi connectivity index (χ1v) is 19.6. The zero-order valence-corrected chi connectivity index (χ0v) is 30.9. The number of hydrogen-bond acceptors (Lipinski definition) is 4. The van der Waals surface area contributed by atoms with Crippen LogP contribution in [0.2, 0.25) is 0 Å². The van der Waals surface area contributed by atoms with Crippen LogP contribution in [0.5, 0.6) is 5.75 Å². The van der Waals surface area contributed by atoms with Gasteiger partial charge in [0, 0.05) is 45.2 Å². The monoisotopic (exact) mass is 732 g/mol. The van der Waals surface area contributed by atoms with Crippen molar-refractivity contribution in [1.29, 1.82) is 0 Å². The van der Waals surface area contributed by atoms with Crippen LogP contribution in [-0.4, -0.2) is 13.0 Å². The van der Waals surface area contributed by atoms with E-state index >= 15 is 0 Å². The summed E-state index contributed by atoms with van der Waals surface area (Å²) in [5.74, 6) is 0.247. The van der Waals surface area contributed by atoms with E-state index in [1.807, 2.05) is 79.7 Å². The third-order valence-corrected chi connectivity index (χ3v) is 11.2. The lowest BCUT2D eigenvalue weighted by atomic mass is 10.0. The highest BCUT2D eigenvalue weighted by atomic mass is 32.2. The van der Waals surface area contributed by atoms with Crippen molar-refractivity contribution in [2.24, 2.45) is 0 Å². The second-order valence-corrected chi connectivity index (χ2v) is 15.1. The van der Waals surface area contributed by atoms with Gasteiger partial charge in [-0.05, 0) is 96.4 Å². The van der Waals surface area contributed by atoms with Crippen LogP contribution in [0.3, 0.4) is 0 Å². The van der Waals surface area contributed by atoms with Gasteiger partial charge in [0.15, 0.2) is 5.75 Å². The molecular formula is C49H36N2O3S. The molecule has 0 fully saturated rings. The molecule has 1 heterocycles. The number of aryl methyl sites for hydroxylation is 1. The van der Waals surface area contributed by atoms with Crippen molar-refractivity contribution >= 4 is 49.0 Å². The molecule has 266 valence electrons. The fourth-order valence-corrected chi connectivity index (χ4v) is 8.20. The van der Waals surface area contributed by atoms with Crippen molar-refractivity contribution in [3.05, 3.63) is 206 Å². The Morgan fingerprint density at radius 1 is 0.473 bits per heavy atom. The zero-order chi connectivity index (χ0) is 37.4. The Balaban J connectivity index is 1.19. The molecule has 8 aromatic carbocycles. The van der Waals surface area contributed by atoms with Crippen LogP contribution < -0.4 is 9.08 Å². The van der Waals surface area contributed by atoms with Gasteiger partial charge in [-0.2, -0.15) is 8.42 Å². The fraction of sp³-hybridized carbons (Fsp3) is 0.0204. The third kappa shape index (κ3) is 6.54. The largest absolute Gasteiger partial charge is 0.378 e. The summed E-state index contributed by atoms with van der Waals surface area (Å²) in [6.45, 7) is 1.92. The van der Waals surface area contributed by atoms with E-state index in [-0.39, 0.29) is 10.6 Å². The second kappa shape index (κ2) is 14.2. The van der Waals surface area contributed by atoms with Crippen LogP contribution in [0.15, 0.2) is 205 Å². The summed E-state index contributed by atoms with van der Waals surface area (Å²) in [5.41, 5.74) is 10.6. The molecule has 0 saturated carbocycles. The molecule has 0 saturated heterocycles. The molecule has 0 spiro atoms. The number of fused-ring (bicyclic) bond motifs is 3. The lowest BCUT2D eigenvalue weighted by Gasteiger charge is -2.26. The lowest BCUT2D eigenvalue weighted by molar-refractivity contribution is 0.487. The minimum absolute atomic E-state index is 0.0971. The van der Waals surface area contributed by atoms with Crippen molar-refractivity contribution in [1.82, 2.24) is 4.57 Å². The number of anilines is 3. The highest BCUT2D eigenvalue weighted by Gasteiger charge is 2.23. The van der Waals surface area contributed by atoms with Crippen LogP contribution in [0, 0.1) is 6.92 Å². The van der Waals surface area contributed by atoms with Crippen molar-refractivity contribution in [2.45, 2.75) is 11.8 Å². The number of para-hydroxylation sites is 3. The predicted molar refractivity (Wildman–Crippen MR) is 225 cm³/mol. The van der Waals surface area contributed by atoms with Gasteiger partial charge in [0.2, 0.25) is 0 Å². The standard InChI is InChI=1S/C49H36N2O3S/c1-35-21-31-43(32-22-35)55(52,53)54-49-34-48-46(44-19-11-12-20-47(44)51(48)40-17-9-4-10-18-40)33-45(49)38-25-29-42(30-26-38)50(39-15-7-3-8-16-39)41-27-23-37(24-28-41)36-13-5-2-6-14-36/h2-34H,1H3. The van der Waals surface area contributed by atoms with Crippen molar-refractivity contribution in [3.8, 4) is 33.7 Å². The van der Waals surface area contributed by atoms with E-state index in [4.69, 9.17) is 4.18 Å². The summed E-state index contributed by atoms with van der Waals surface area (Å²) in [6, 6.07) is 66.4. The average molecular weight is 733 g/mol. The third-order valence-electron chi connectivity index (χ3n) is 9.98. The van der Waals surface area contributed by atoms with Crippen LogP contribution in [0.25, 0.3) is 49.7 Å². The Labute approximate surface area is 321 Å². The predicted octanol–water partition coefficient (Wildman–Crippen LogP) is 12.7. The second-order valence-electron chi connectivity index (χ2n) is 13.5. The van der Waals surface area contributed by atoms with Gasteiger partial charge in [-0.3, -0.25) is 0 Å². The van der Waals surface area contributed by atoms with E-state index in [9.17, 15) is 8.42 Å². The Morgan fingerprint density at radius 3 is 1.65 bits per heavy atom.